The fraction of sp³-hybridized carbons (Fsp3) is 0.346. The number of hydrogen-bond donors (Lipinski definition) is 1. The summed E-state index contributed by atoms with van der Waals surface area (Å²) >= 11 is 0. The molecule has 1 N–H and O–H groups in total. The Morgan fingerprint density at radius 1 is 0.939 bits per heavy atom. The minimum atomic E-state index is -0.466. The molecular weight excluding hydrogens is 417 g/mol. The summed E-state index contributed by atoms with van der Waals surface area (Å²) in [6.07, 6.45) is 1.66. The summed E-state index contributed by atoms with van der Waals surface area (Å²) in [5.41, 5.74) is 3.50. The smallest absolute Gasteiger partial charge is 0.233 e. The summed E-state index contributed by atoms with van der Waals surface area (Å²) in [6, 6.07) is 16.5. The summed E-state index contributed by atoms with van der Waals surface area (Å²) in [5.74, 6) is 1.32. The van der Waals surface area contributed by atoms with Crippen LogP contribution in [0.3, 0.4) is 0 Å². The van der Waals surface area contributed by atoms with Gasteiger partial charge < -0.3 is 15.1 Å². The third-order valence-corrected chi connectivity index (χ3v) is 6.60. The second kappa shape index (κ2) is 8.46. The zero-order valence-corrected chi connectivity index (χ0v) is 19.0. The molecule has 6 nitrogen and oxygen atoms in total. The van der Waals surface area contributed by atoms with E-state index in [0.717, 1.165) is 35.6 Å². The van der Waals surface area contributed by atoms with E-state index in [1.807, 2.05) is 42.2 Å². The van der Waals surface area contributed by atoms with Gasteiger partial charge in [-0.1, -0.05) is 29.8 Å². The minimum Gasteiger partial charge on any atom is -0.353 e. The van der Waals surface area contributed by atoms with Crippen LogP contribution in [-0.4, -0.2) is 47.0 Å². The maximum Gasteiger partial charge on any atom is 0.233 e. The Balaban J connectivity index is 1.25. The van der Waals surface area contributed by atoms with Crippen LogP contribution in [-0.2, 0) is 10.2 Å². The number of benzene rings is 2. The number of nitrogens with one attached hydrogen (secondary N) is 1. The van der Waals surface area contributed by atoms with Gasteiger partial charge in [0.25, 0.3) is 0 Å². The van der Waals surface area contributed by atoms with Gasteiger partial charge >= 0.3 is 0 Å². The van der Waals surface area contributed by atoms with Crippen molar-refractivity contribution in [1.82, 2.24) is 14.9 Å². The quantitative estimate of drug-likeness (QED) is 0.633. The summed E-state index contributed by atoms with van der Waals surface area (Å²) in [4.78, 5) is 26.7. The van der Waals surface area contributed by atoms with E-state index in [0.29, 0.717) is 32.1 Å². The number of halogens is 1. The van der Waals surface area contributed by atoms with Gasteiger partial charge in [-0.2, -0.15) is 4.98 Å². The lowest BCUT2D eigenvalue weighted by Gasteiger charge is -2.37. The Labute approximate surface area is 193 Å². The van der Waals surface area contributed by atoms with Crippen LogP contribution < -0.4 is 10.2 Å². The van der Waals surface area contributed by atoms with Gasteiger partial charge in [-0.15, -0.1) is 0 Å². The van der Waals surface area contributed by atoms with Gasteiger partial charge in [0.1, 0.15) is 11.6 Å². The van der Waals surface area contributed by atoms with Crippen molar-refractivity contribution in [1.29, 1.82) is 0 Å². The number of nitrogens with zero attached hydrogens (tertiary/aromatic N) is 4. The van der Waals surface area contributed by atoms with Crippen LogP contribution in [0, 0.1) is 19.7 Å². The SMILES string of the molecule is Cc1ccc(Nc2nc(C)cc(N3CCN(C(=O)C4(c5ccc(F)cc5)CC4)CC3)n2)cc1. The second-order valence-corrected chi connectivity index (χ2v) is 9.05. The van der Waals surface area contributed by atoms with E-state index in [2.05, 4.69) is 22.1 Å². The maximum absolute atomic E-state index is 13.3. The molecule has 1 aliphatic heterocycles. The highest BCUT2D eigenvalue weighted by molar-refractivity contribution is 5.91. The number of anilines is 3. The van der Waals surface area contributed by atoms with Crippen LogP contribution >= 0.6 is 0 Å². The Hall–Kier alpha value is -3.48. The number of aryl methyl sites for hydroxylation is 2. The second-order valence-electron chi connectivity index (χ2n) is 9.05. The molecule has 0 radical (unpaired) electrons. The van der Waals surface area contributed by atoms with E-state index in [1.54, 1.807) is 12.1 Å². The molecule has 2 aromatic carbocycles. The lowest BCUT2D eigenvalue weighted by Crippen LogP contribution is -2.51. The summed E-state index contributed by atoms with van der Waals surface area (Å²) in [6.45, 7) is 6.74. The number of carbonyl (C=O) groups excluding carboxylic acids is 1. The van der Waals surface area contributed by atoms with Crippen molar-refractivity contribution in [3.8, 4) is 0 Å². The van der Waals surface area contributed by atoms with Crippen LogP contribution in [0.15, 0.2) is 54.6 Å². The van der Waals surface area contributed by atoms with E-state index in [-0.39, 0.29) is 11.7 Å². The van der Waals surface area contributed by atoms with Crippen molar-refractivity contribution < 1.29 is 9.18 Å². The number of hydrogen-bond acceptors (Lipinski definition) is 5. The first-order chi connectivity index (χ1) is 15.9. The molecule has 33 heavy (non-hydrogen) atoms. The van der Waals surface area contributed by atoms with Crippen molar-refractivity contribution in [2.45, 2.75) is 32.1 Å². The molecular formula is C26H28FN5O. The van der Waals surface area contributed by atoms with Crippen molar-refractivity contribution in [3.63, 3.8) is 0 Å². The van der Waals surface area contributed by atoms with Gasteiger partial charge in [0.05, 0.1) is 5.41 Å². The first kappa shape index (κ1) is 21.4. The number of piperazine rings is 1. The predicted octanol–water partition coefficient (Wildman–Crippen LogP) is 4.36. The van der Waals surface area contributed by atoms with Gasteiger partial charge in [-0.3, -0.25) is 4.79 Å². The number of amides is 1. The number of rotatable bonds is 5. The highest BCUT2D eigenvalue weighted by atomic mass is 19.1. The van der Waals surface area contributed by atoms with Crippen LogP contribution in [0.1, 0.15) is 29.7 Å². The van der Waals surface area contributed by atoms with Crippen LogP contribution in [0.2, 0.25) is 0 Å². The molecule has 2 aliphatic rings. The highest BCUT2D eigenvalue weighted by Crippen LogP contribution is 2.49. The largest absolute Gasteiger partial charge is 0.353 e. The molecule has 1 aliphatic carbocycles. The van der Waals surface area contributed by atoms with E-state index >= 15 is 0 Å². The lowest BCUT2D eigenvalue weighted by molar-refractivity contribution is -0.134. The molecule has 0 atom stereocenters. The fourth-order valence-electron chi connectivity index (χ4n) is 4.50. The molecule has 0 bridgehead atoms. The number of aromatic nitrogens is 2. The maximum atomic E-state index is 13.3. The average molecular weight is 446 g/mol. The lowest BCUT2D eigenvalue weighted by atomic mass is 9.94. The summed E-state index contributed by atoms with van der Waals surface area (Å²) < 4.78 is 13.3. The molecule has 0 unspecified atom stereocenters. The molecule has 1 amide bonds. The zero-order chi connectivity index (χ0) is 23.0. The van der Waals surface area contributed by atoms with Gasteiger partial charge in [-0.05, 0) is 56.5 Å². The van der Waals surface area contributed by atoms with Gasteiger partial charge in [0.2, 0.25) is 11.9 Å². The molecule has 2 fully saturated rings. The molecule has 1 saturated heterocycles. The zero-order valence-electron chi connectivity index (χ0n) is 19.0. The van der Waals surface area contributed by atoms with E-state index < -0.39 is 5.41 Å². The van der Waals surface area contributed by atoms with E-state index in [4.69, 9.17) is 4.98 Å². The monoisotopic (exact) mass is 445 g/mol. The highest BCUT2D eigenvalue weighted by Gasteiger charge is 2.53. The first-order valence-corrected chi connectivity index (χ1v) is 11.4. The van der Waals surface area contributed by atoms with Crippen LogP contribution in [0.5, 0.6) is 0 Å². The summed E-state index contributed by atoms with van der Waals surface area (Å²) in [7, 11) is 0. The third-order valence-electron chi connectivity index (χ3n) is 6.60. The van der Waals surface area contributed by atoms with Crippen molar-refractivity contribution in [2.75, 3.05) is 36.4 Å². The average Bonchev–Trinajstić information content (AvgIpc) is 3.62. The summed E-state index contributed by atoms with van der Waals surface area (Å²) in [5, 5.41) is 3.29. The normalized spacial score (nSPS) is 17.1. The van der Waals surface area contributed by atoms with Gasteiger partial charge in [-0.25, -0.2) is 9.37 Å². The van der Waals surface area contributed by atoms with Gasteiger partial charge in [0, 0.05) is 43.6 Å². The van der Waals surface area contributed by atoms with Crippen molar-refractivity contribution in [2.24, 2.45) is 0 Å². The number of carbonyl (C=O) groups is 1. The van der Waals surface area contributed by atoms with E-state index in [9.17, 15) is 9.18 Å². The molecule has 1 saturated carbocycles. The van der Waals surface area contributed by atoms with Crippen LogP contribution in [0.25, 0.3) is 0 Å². The Morgan fingerprint density at radius 2 is 1.61 bits per heavy atom. The van der Waals surface area contributed by atoms with Crippen LogP contribution in [0.4, 0.5) is 21.8 Å². The molecule has 5 rings (SSSR count). The fourth-order valence-corrected chi connectivity index (χ4v) is 4.50. The topological polar surface area (TPSA) is 61.4 Å². The molecule has 170 valence electrons. The standard InChI is InChI=1S/C26H28FN5O/c1-18-3-9-22(10-4-18)29-25-28-19(2)17-23(30-25)31-13-15-32(16-14-31)24(33)26(11-12-26)20-5-7-21(27)8-6-20/h3-10,17H,11-16H2,1-2H3,(H,28,29,30). The molecule has 7 heteroatoms. The molecule has 0 spiro atoms. The first-order valence-electron chi connectivity index (χ1n) is 11.4. The van der Waals surface area contributed by atoms with E-state index in [1.165, 1.54) is 17.7 Å². The predicted molar refractivity (Wildman–Crippen MR) is 127 cm³/mol. The molecule has 1 aromatic heterocycles. The van der Waals surface area contributed by atoms with Gasteiger partial charge in [0.15, 0.2) is 0 Å². The molecule has 3 aromatic rings. The minimum absolute atomic E-state index is 0.161. The van der Waals surface area contributed by atoms with Crippen molar-refractivity contribution in [3.05, 3.63) is 77.2 Å². The Morgan fingerprint density at radius 3 is 2.24 bits per heavy atom. The van der Waals surface area contributed by atoms with Crippen molar-refractivity contribution >= 4 is 23.4 Å². The Kier molecular flexibility index (Phi) is 5.48. The third kappa shape index (κ3) is 4.40. The Bertz CT molecular complexity index is 1150. The molecule has 2 heterocycles.